The number of amides is 1. The predicted molar refractivity (Wildman–Crippen MR) is 115 cm³/mol. The SMILES string of the molecule is CCOC(=O)c1c(-c2ccc(F)cc2)csc1NC(=O)[C@@H](OC(C)=O)c1ccccc1. The molecule has 0 saturated heterocycles. The van der Waals surface area contributed by atoms with Gasteiger partial charge in [0.25, 0.3) is 5.91 Å². The van der Waals surface area contributed by atoms with Crippen molar-refractivity contribution in [3.63, 3.8) is 0 Å². The maximum atomic E-state index is 13.3. The number of benzene rings is 2. The molecule has 8 heteroatoms. The molecule has 31 heavy (non-hydrogen) atoms. The molecule has 0 saturated carbocycles. The summed E-state index contributed by atoms with van der Waals surface area (Å²) in [6, 6.07) is 14.2. The van der Waals surface area contributed by atoms with Crippen LogP contribution in [0.15, 0.2) is 60.0 Å². The Labute approximate surface area is 182 Å². The smallest absolute Gasteiger partial charge is 0.341 e. The van der Waals surface area contributed by atoms with Crippen LogP contribution in [0.25, 0.3) is 11.1 Å². The number of hydrogen-bond acceptors (Lipinski definition) is 6. The normalized spacial score (nSPS) is 11.5. The van der Waals surface area contributed by atoms with Gasteiger partial charge in [-0.3, -0.25) is 9.59 Å². The Morgan fingerprint density at radius 1 is 1.06 bits per heavy atom. The lowest BCUT2D eigenvalue weighted by Gasteiger charge is -2.17. The van der Waals surface area contributed by atoms with Crippen LogP contribution in [-0.4, -0.2) is 24.5 Å². The van der Waals surface area contributed by atoms with E-state index in [1.54, 1.807) is 42.6 Å². The molecule has 0 aliphatic rings. The van der Waals surface area contributed by atoms with Crippen molar-refractivity contribution in [3.05, 3.63) is 76.9 Å². The van der Waals surface area contributed by atoms with Gasteiger partial charge < -0.3 is 14.8 Å². The zero-order valence-electron chi connectivity index (χ0n) is 16.9. The van der Waals surface area contributed by atoms with Crippen LogP contribution in [0.1, 0.15) is 35.9 Å². The quantitative estimate of drug-likeness (QED) is 0.524. The summed E-state index contributed by atoms with van der Waals surface area (Å²) in [5.41, 5.74) is 1.74. The largest absolute Gasteiger partial charge is 0.462 e. The second-order valence-electron chi connectivity index (χ2n) is 6.47. The standard InChI is InChI=1S/C23H20FNO5S/c1-3-29-23(28)19-18(15-9-11-17(24)12-10-15)13-31-22(19)25-21(27)20(30-14(2)26)16-7-5-4-6-8-16/h4-13,20H,3H2,1-2H3,(H,25,27)/t20-/m0/s1. The highest BCUT2D eigenvalue weighted by Crippen LogP contribution is 2.37. The van der Waals surface area contributed by atoms with E-state index in [1.165, 1.54) is 31.2 Å². The van der Waals surface area contributed by atoms with E-state index in [9.17, 15) is 18.8 Å². The maximum absolute atomic E-state index is 13.3. The molecule has 1 atom stereocenters. The molecule has 3 aromatic rings. The number of carbonyl (C=O) groups is 3. The molecule has 0 spiro atoms. The Hall–Kier alpha value is -3.52. The Morgan fingerprint density at radius 3 is 2.35 bits per heavy atom. The zero-order chi connectivity index (χ0) is 22.4. The summed E-state index contributed by atoms with van der Waals surface area (Å²) >= 11 is 1.12. The van der Waals surface area contributed by atoms with Crippen molar-refractivity contribution in [3.8, 4) is 11.1 Å². The first-order valence-electron chi connectivity index (χ1n) is 9.48. The van der Waals surface area contributed by atoms with E-state index >= 15 is 0 Å². The van der Waals surface area contributed by atoms with E-state index in [0.29, 0.717) is 16.7 Å². The number of carbonyl (C=O) groups excluding carboxylic acids is 3. The van der Waals surface area contributed by atoms with E-state index in [1.807, 2.05) is 0 Å². The fourth-order valence-electron chi connectivity index (χ4n) is 2.94. The van der Waals surface area contributed by atoms with E-state index in [0.717, 1.165) is 11.3 Å². The summed E-state index contributed by atoms with van der Waals surface area (Å²) in [5.74, 6) is -2.26. The lowest BCUT2D eigenvalue weighted by atomic mass is 10.0. The predicted octanol–water partition coefficient (Wildman–Crippen LogP) is 4.97. The highest BCUT2D eigenvalue weighted by atomic mass is 32.1. The molecule has 1 aromatic heterocycles. The number of hydrogen-bond donors (Lipinski definition) is 1. The number of halogens is 1. The summed E-state index contributed by atoms with van der Waals surface area (Å²) in [4.78, 5) is 37.2. The number of thiophene rings is 1. The van der Waals surface area contributed by atoms with Gasteiger partial charge in [-0.1, -0.05) is 42.5 Å². The fraction of sp³-hybridized carbons (Fsp3) is 0.174. The third-order valence-electron chi connectivity index (χ3n) is 4.29. The topological polar surface area (TPSA) is 81.7 Å². The van der Waals surface area contributed by atoms with E-state index in [2.05, 4.69) is 5.32 Å². The highest BCUT2D eigenvalue weighted by Gasteiger charge is 2.28. The van der Waals surface area contributed by atoms with Gasteiger partial charge in [-0.05, 0) is 24.6 Å². The molecule has 6 nitrogen and oxygen atoms in total. The van der Waals surface area contributed by atoms with Crippen molar-refractivity contribution >= 4 is 34.2 Å². The molecule has 0 unspecified atom stereocenters. The molecule has 160 valence electrons. The van der Waals surface area contributed by atoms with Crippen LogP contribution in [0.2, 0.25) is 0 Å². The molecule has 0 aliphatic carbocycles. The van der Waals surface area contributed by atoms with Gasteiger partial charge in [0.05, 0.1) is 6.61 Å². The van der Waals surface area contributed by atoms with Gasteiger partial charge in [-0.25, -0.2) is 9.18 Å². The molecular formula is C23H20FNO5S. The third kappa shape index (κ3) is 5.35. The van der Waals surface area contributed by atoms with Gasteiger partial charge >= 0.3 is 11.9 Å². The van der Waals surface area contributed by atoms with Gasteiger partial charge in [0.15, 0.2) is 0 Å². The molecule has 1 N–H and O–H groups in total. The lowest BCUT2D eigenvalue weighted by molar-refractivity contribution is -0.152. The van der Waals surface area contributed by atoms with Crippen molar-refractivity contribution < 1.29 is 28.2 Å². The molecular weight excluding hydrogens is 421 g/mol. The number of anilines is 1. The lowest BCUT2D eigenvalue weighted by Crippen LogP contribution is -2.25. The van der Waals surface area contributed by atoms with Crippen molar-refractivity contribution in [2.24, 2.45) is 0 Å². The van der Waals surface area contributed by atoms with Gasteiger partial charge in [-0.15, -0.1) is 11.3 Å². The first-order chi connectivity index (χ1) is 14.9. The summed E-state index contributed by atoms with van der Waals surface area (Å²) in [6.45, 7) is 3.03. The van der Waals surface area contributed by atoms with Crippen molar-refractivity contribution in [1.82, 2.24) is 0 Å². The molecule has 0 radical (unpaired) electrons. The number of nitrogens with one attached hydrogen (secondary N) is 1. The second-order valence-corrected chi connectivity index (χ2v) is 7.35. The third-order valence-corrected chi connectivity index (χ3v) is 5.18. The fourth-order valence-corrected chi connectivity index (χ4v) is 3.90. The Bertz CT molecular complexity index is 1080. The van der Waals surface area contributed by atoms with Crippen molar-refractivity contribution in [2.45, 2.75) is 20.0 Å². The van der Waals surface area contributed by atoms with Crippen LogP contribution in [0, 0.1) is 5.82 Å². The molecule has 0 aliphatic heterocycles. The van der Waals surface area contributed by atoms with Crippen molar-refractivity contribution in [2.75, 3.05) is 11.9 Å². The Morgan fingerprint density at radius 2 is 1.74 bits per heavy atom. The number of ether oxygens (including phenoxy) is 2. The summed E-state index contributed by atoms with van der Waals surface area (Å²) in [6.07, 6.45) is -1.19. The number of esters is 2. The summed E-state index contributed by atoms with van der Waals surface area (Å²) in [7, 11) is 0. The molecule has 0 bridgehead atoms. The van der Waals surface area contributed by atoms with Gasteiger partial charge in [0.2, 0.25) is 6.10 Å². The van der Waals surface area contributed by atoms with Crippen LogP contribution >= 0.6 is 11.3 Å². The summed E-state index contributed by atoms with van der Waals surface area (Å²) in [5, 5.41) is 4.61. The van der Waals surface area contributed by atoms with Crippen molar-refractivity contribution in [1.29, 1.82) is 0 Å². The average molecular weight is 441 g/mol. The minimum absolute atomic E-state index is 0.144. The highest BCUT2D eigenvalue weighted by molar-refractivity contribution is 7.15. The van der Waals surface area contributed by atoms with E-state index in [4.69, 9.17) is 9.47 Å². The average Bonchev–Trinajstić information content (AvgIpc) is 3.16. The monoisotopic (exact) mass is 441 g/mol. The first-order valence-corrected chi connectivity index (χ1v) is 10.4. The zero-order valence-corrected chi connectivity index (χ0v) is 17.7. The Kier molecular flexibility index (Phi) is 7.15. The maximum Gasteiger partial charge on any atom is 0.341 e. The molecule has 0 fully saturated rings. The van der Waals surface area contributed by atoms with E-state index < -0.39 is 29.8 Å². The van der Waals surface area contributed by atoms with Gasteiger partial charge in [-0.2, -0.15) is 0 Å². The van der Waals surface area contributed by atoms with Crippen LogP contribution < -0.4 is 5.32 Å². The minimum Gasteiger partial charge on any atom is -0.462 e. The van der Waals surface area contributed by atoms with E-state index in [-0.39, 0.29) is 17.2 Å². The van der Waals surface area contributed by atoms with Crippen LogP contribution in [0.4, 0.5) is 9.39 Å². The molecule has 3 rings (SSSR count). The van der Waals surface area contributed by atoms with Gasteiger partial charge in [0.1, 0.15) is 16.4 Å². The number of rotatable bonds is 7. The molecule has 1 amide bonds. The van der Waals surface area contributed by atoms with Crippen LogP contribution in [-0.2, 0) is 19.1 Å². The van der Waals surface area contributed by atoms with Crippen LogP contribution in [0.5, 0.6) is 0 Å². The first kappa shape index (κ1) is 22.2. The molecule has 2 aromatic carbocycles. The minimum atomic E-state index is -1.19. The molecule has 1 heterocycles. The Balaban J connectivity index is 1.97. The van der Waals surface area contributed by atoms with Gasteiger partial charge in [0, 0.05) is 23.4 Å². The summed E-state index contributed by atoms with van der Waals surface area (Å²) < 4.78 is 23.7. The van der Waals surface area contributed by atoms with Crippen LogP contribution in [0.3, 0.4) is 0 Å². The second kappa shape index (κ2) is 9.99.